The SMILES string of the molecule is CCc1nc(CSc2nnc(NCc3ccc(OC)cc3)s2)cs1. The fourth-order valence-corrected chi connectivity index (χ4v) is 4.46. The number of rotatable bonds is 8. The number of anilines is 1. The number of benzene rings is 1. The minimum atomic E-state index is 0.718. The summed E-state index contributed by atoms with van der Waals surface area (Å²) in [5, 5.41) is 15.9. The average Bonchev–Trinajstić information content (AvgIpc) is 3.27. The summed E-state index contributed by atoms with van der Waals surface area (Å²) in [6.45, 7) is 2.84. The van der Waals surface area contributed by atoms with Gasteiger partial charge >= 0.3 is 0 Å². The first-order chi connectivity index (χ1) is 11.8. The summed E-state index contributed by atoms with van der Waals surface area (Å²) in [7, 11) is 1.67. The highest BCUT2D eigenvalue weighted by atomic mass is 32.2. The predicted molar refractivity (Wildman–Crippen MR) is 101 cm³/mol. The van der Waals surface area contributed by atoms with Crippen molar-refractivity contribution in [2.24, 2.45) is 0 Å². The van der Waals surface area contributed by atoms with E-state index in [1.807, 2.05) is 24.3 Å². The second kappa shape index (κ2) is 8.46. The van der Waals surface area contributed by atoms with E-state index in [1.54, 1.807) is 41.5 Å². The topological polar surface area (TPSA) is 59.9 Å². The minimum absolute atomic E-state index is 0.718. The van der Waals surface area contributed by atoms with Crippen LogP contribution in [0.5, 0.6) is 5.75 Å². The maximum absolute atomic E-state index is 5.16. The smallest absolute Gasteiger partial charge is 0.206 e. The van der Waals surface area contributed by atoms with E-state index in [2.05, 4.69) is 32.8 Å². The molecule has 0 aliphatic rings. The molecule has 8 heteroatoms. The number of hydrogen-bond donors (Lipinski definition) is 1. The highest BCUT2D eigenvalue weighted by Crippen LogP contribution is 2.29. The van der Waals surface area contributed by atoms with Crippen molar-refractivity contribution in [3.63, 3.8) is 0 Å². The number of hydrogen-bond acceptors (Lipinski definition) is 8. The Morgan fingerprint density at radius 1 is 1.21 bits per heavy atom. The summed E-state index contributed by atoms with van der Waals surface area (Å²) in [5.74, 6) is 1.70. The molecule has 0 amide bonds. The van der Waals surface area contributed by atoms with Gasteiger partial charge in [-0.2, -0.15) is 0 Å². The van der Waals surface area contributed by atoms with Crippen LogP contribution in [0.15, 0.2) is 34.0 Å². The Balaban J connectivity index is 1.49. The van der Waals surface area contributed by atoms with Gasteiger partial charge in [0.2, 0.25) is 5.13 Å². The molecule has 0 radical (unpaired) electrons. The van der Waals surface area contributed by atoms with Crippen LogP contribution >= 0.6 is 34.4 Å². The van der Waals surface area contributed by atoms with Crippen LogP contribution in [-0.2, 0) is 18.7 Å². The monoisotopic (exact) mass is 378 g/mol. The summed E-state index contributed by atoms with van der Waals surface area (Å²) < 4.78 is 6.12. The number of ether oxygens (including phenoxy) is 1. The minimum Gasteiger partial charge on any atom is -0.497 e. The average molecular weight is 379 g/mol. The molecule has 5 nitrogen and oxygen atoms in total. The third kappa shape index (κ3) is 4.68. The van der Waals surface area contributed by atoms with Crippen LogP contribution in [0.25, 0.3) is 0 Å². The zero-order valence-electron chi connectivity index (χ0n) is 13.5. The van der Waals surface area contributed by atoms with Crippen LogP contribution in [0.1, 0.15) is 23.2 Å². The first-order valence-electron chi connectivity index (χ1n) is 7.53. The Kier molecular flexibility index (Phi) is 6.06. The molecule has 0 bridgehead atoms. The number of methoxy groups -OCH3 is 1. The van der Waals surface area contributed by atoms with Crippen LogP contribution < -0.4 is 10.1 Å². The third-order valence-electron chi connectivity index (χ3n) is 3.25. The maximum Gasteiger partial charge on any atom is 0.206 e. The molecule has 126 valence electrons. The first kappa shape index (κ1) is 17.2. The molecule has 1 aromatic carbocycles. The fourth-order valence-electron chi connectivity index (χ4n) is 1.97. The van der Waals surface area contributed by atoms with Gasteiger partial charge in [-0.25, -0.2) is 4.98 Å². The molecule has 0 saturated carbocycles. The number of nitrogens with one attached hydrogen (secondary N) is 1. The molecule has 0 unspecified atom stereocenters. The van der Waals surface area contributed by atoms with E-state index in [9.17, 15) is 0 Å². The van der Waals surface area contributed by atoms with E-state index >= 15 is 0 Å². The predicted octanol–water partition coefficient (Wildman–Crippen LogP) is 4.47. The van der Waals surface area contributed by atoms with Crippen LogP contribution in [0, 0.1) is 0 Å². The van der Waals surface area contributed by atoms with E-state index in [-0.39, 0.29) is 0 Å². The lowest BCUT2D eigenvalue weighted by molar-refractivity contribution is 0.414. The van der Waals surface area contributed by atoms with Crippen molar-refractivity contribution in [2.75, 3.05) is 12.4 Å². The lowest BCUT2D eigenvalue weighted by atomic mass is 10.2. The van der Waals surface area contributed by atoms with E-state index in [0.717, 1.165) is 39.6 Å². The molecule has 24 heavy (non-hydrogen) atoms. The summed E-state index contributed by atoms with van der Waals surface area (Å²) >= 11 is 4.97. The third-order valence-corrected chi connectivity index (χ3v) is 6.34. The van der Waals surface area contributed by atoms with Gasteiger partial charge in [0.1, 0.15) is 5.75 Å². The van der Waals surface area contributed by atoms with Crippen molar-refractivity contribution < 1.29 is 4.74 Å². The lowest BCUT2D eigenvalue weighted by Crippen LogP contribution is -1.98. The summed E-state index contributed by atoms with van der Waals surface area (Å²) in [4.78, 5) is 4.57. The van der Waals surface area contributed by atoms with Gasteiger partial charge in [-0.05, 0) is 24.1 Å². The number of aryl methyl sites for hydroxylation is 1. The standard InChI is InChI=1S/C16H18N4OS3/c1-3-14-18-12(9-22-14)10-23-16-20-19-15(24-16)17-8-11-4-6-13(21-2)7-5-11/h4-7,9H,3,8,10H2,1-2H3,(H,17,19). The van der Waals surface area contributed by atoms with Gasteiger partial charge in [0, 0.05) is 17.7 Å². The van der Waals surface area contributed by atoms with Crippen molar-refractivity contribution in [3.8, 4) is 5.75 Å². The van der Waals surface area contributed by atoms with Crippen molar-refractivity contribution >= 4 is 39.6 Å². The summed E-state index contributed by atoms with van der Waals surface area (Å²) in [5.41, 5.74) is 2.29. The number of aromatic nitrogens is 3. The Labute approximate surface area is 153 Å². The summed E-state index contributed by atoms with van der Waals surface area (Å²) in [6.07, 6.45) is 0.994. The largest absolute Gasteiger partial charge is 0.497 e. The molecule has 2 heterocycles. The van der Waals surface area contributed by atoms with E-state index in [0.29, 0.717) is 0 Å². The van der Waals surface area contributed by atoms with Crippen molar-refractivity contribution in [2.45, 2.75) is 30.0 Å². The normalized spacial score (nSPS) is 10.8. The lowest BCUT2D eigenvalue weighted by Gasteiger charge is -2.03. The molecule has 2 aromatic heterocycles. The van der Waals surface area contributed by atoms with E-state index in [4.69, 9.17) is 4.74 Å². The Morgan fingerprint density at radius 3 is 2.75 bits per heavy atom. The van der Waals surface area contributed by atoms with Gasteiger partial charge in [-0.3, -0.25) is 0 Å². The highest BCUT2D eigenvalue weighted by Gasteiger charge is 2.07. The van der Waals surface area contributed by atoms with Gasteiger partial charge < -0.3 is 10.1 Å². The van der Waals surface area contributed by atoms with Gasteiger partial charge in [-0.1, -0.05) is 42.2 Å². The van der Waals surface area contributed by atoms with E-state index in [1.165, 1.54) is 10.6 Å². The zero-order chi connectivity index (χ0) is 16.8. The Morgan fingerprint density at radius 2 is 2.04 bits per heavy atom. The zero-order valence-corrected chi connectivity index (χ0v) is 15.9. The van der Waals surface area contributed by atoms with Crippen LogP contribution in [0.2, 0.25) is 0 Å². The Hall–Kier alpha value is -1.64. The van der Waals surface area contributed by atoms with Crippen LogP contribution in [-0.4, -0.2) is 22.3 Å². The van der Waals surface area contributed by atoms with Gasteiger partial charge in [0.15, 0.2) is 4.34 Å². The molecule has 0 aliphatic carbocycles. The van der Waals surface area contributed by atoms with Crippen molar-refractivity contribution in [1.29, 1.82) is 0 Å². The molecular weight excluding hydrogens is 360 g/mol. The second-order valence-corrected chi connectivity index (χ2v) is 8.09. The number of thiazole rings is 1. The fraction of sp³-hybridized carbons (Fsp3) is 0.312. The summed E-state index contributed by atoms with van der Waals surface area (Å²) in [6, 6.07) is 7.99. The van der Waals surface area contributed by atoms with Crippen LogP contribution in [0.3, 0.4) is 0 Å². The molecule has 0 atom stereocenters. The Bertz CT molecular complexity index is 770. The molecule has 3 aromatic rings. The van der Waals surface area contributed by atoms with E-state index < -0.39 is 0 Å². The quantitative estimate of drug-likeness (QED) is 0.584. The van der Waals surface area contributed by atoms with Crippen LogP contribution in [0.4, 0.5) is 5.13 Å². The van der Waals surface area contributed by atoms with Gasteiger partial charge in [0.25, 0.3) is 0 Å². The number of thioether (sulfide) groups is 1. The van der Waals surface area contributed by atoms with Crippen molar-refractivity contribution in [1.82, 2.24) is 15.2 Å². The number of nitrogens with zero attached hydrogens (tertiary/aromatic N) is 3. The maximum atomic E-state index is 5.16. The highest BCUT2D eigenvalue weighted by molar-refractivity contribution is 8.00. The molecule has 3 rings (SSSR count). The molecular formula is C16H18N4OS3. The molecule has 0 fully saturated rings. The van der Waals surface area contributed by atoms with Crippen molar-refractivity contribution in [3.05, 3.63) is 45.9 Å². The molecule has 0 spiro atoms. The second-order valence-electron chi connectivity index (χ2n) is 4.95. The molecule has 1 N–H and O–H groups in total. The van der Waals surface area contributed by atoms with Gasteiger partial charge in [0.05, 0.1) is 17.8 Å². The van der Waals surface area contributed by atoms with Gasteiger partial charge in [-0.15, -0.1) is 21.5 Å². The first-order valence-corrected chi connectivity index (χ1v) is 10.2. The molecule has 0 saturated heterocycles. The molecule has 0 aliphatic heterocycles.